The van der Waals surface area contributed by atoms with E-state index in [1.807, 2.05) is 12.3 Å². The first-order valence-electron chi connectivity index (χ1n) is 14.1. The minimum absolute atomic E-state index is 0.106. The first-order chi connectivity index (χ1) is 18.4. The molecule has 1 aromatic carbocycles. The van der Waals surface area contributed by atoms with E-state index in [2.05, 4.69) is 75.5 Å². The third kappa shape index (κ3) is 8.01. The lowest BCUT2D eigenvalue weighted by molar-refractivity contribution is -0.134. The monoisotopic (exact) mass is 605 g/mol. The number of hydrogen-bond donors (Lipinski definition) is 1. The van der Waals surface area contributed by atoms with Crippen molar-refractivity contribution < 1.29 is 4.79 Å². The van der Waals surface area contributed by atoms with Gasteiger partial charge in [-0.05, 0) is 110 Å². The van der Waals surface area contributed by atoms with Crippen molar-refractivity contribution in [3.63, 3.8) is 0 Å². The Balaban J connectivity index is 0.000000748. The Kier molecular flexibility index (Phi) is 12.5. The predicted molar refractivity (Wildman–Crippen MR) is 162 cm³/mol. The van der Waals surface area contributed by atoms with Gasteiger partial charge >= 0.3 is 0 Å². The van der Waals surface area contributed by atoms with Crippen molar-refractivity contribution >= 4 is 33.4 Å². The number of carbonyl (C=O) groups is 1. The number of aryl methyl sites for hydroxylation is 2. The number of rotatable bonds is 3. The van der Waals surface area contributed by atoms with Gasteiger partial charge < -0.3 is 15.5 Å². The number of carbonyl (C=O) groups excluding carboxylic acids is 1. The fourth-order valence-electron chi connectivity index (χ4n) is 5.65. The van der Waals surface area contributed by atoms with Crippen LogP contribution < -0.4 is 5.73 Å². The van der Waals surface area contributed by atoms with E-state index in [-0.39, 0.29) is 6.04 Å². The molecule has 1 aromatic heterocycles. The second-order valence-electron chi connectivity index (χ2n) is 10.5. The Morgan fingerprint density at radius 2 is 1.66 bits per heavy atom. The molecule has 0 spiro atoms. The zero-order chi connectivity index (χ0) is 27.7. The van der Waals surface area contributed by atoms with Crippen molar-refractivity contribution in [3.8, 4) is 0 Å². The van der Waals surface area contributed by atoms with E-state index in [0.717, 1.165) is 80.1 Å². The Labute approximate surface area is 243 Å². The van der Waals surface area contributed by atoms with Crippen molar-refractivity contribution in [1.29, 1.82) is 0 Å². The van der Waals surface area contributed by atoms with Gasteiger partial charge in [-0.15, -0.1) is 0 Å². The van der Waals surface area contributed by atoms with Gasteiger partial charge in [-0.25, -0.2) is 0 Å². The molecule has 0 radical (unpaired) electrons. The molecule has 8 heteroatoms. The van der Waals surface area contributed by atoms with Crippen LogP contribution in [0.5, 0.6) is 0 Å². The molecule has 2 aliphatic heterocycles. The maximum atomic E-state index is 13.0. The van der Waals surface area contributed by atoms with E-state index in [1.54, 1.807) is 0 Å². The second-order valence-corrected chi connectivity index (χ2v) is 11.9. The minimum Gasteiger partial charge on any atom is -0.340 e. The van der Waals surface area contributed by atoms with Crippen LogP contribution >= 0.6 is 27.5 Å². The van der Waals surface area contributed by atoms with Gasteiger partial charge in [-0.1, -0.05) is 37.9 Å². The van der Waals surface area contributed by atoms with Crippen molar-refractivity contribution in [3.05, 3.63) is 62.3 Å². The first kappa shape index (κ1) is 31.0. The van der Waals surface area contributed by atoms with E-state index in [1.165, 1.54) is 30.2 Å². The molecule has 1 unspecified atom stereocenters. The summed E-state index contributed by atoms with van der Waals surface area (Å²) in [5.74, 6) is 0.874. The van der Waals surface area contributed by atoms with Crippen LogP contribution in [0.3, 0.4) is 0 Å². The summed E-state index contributed by atoms with van der Waals surface area (Å²) < 4.78 is 1.02. The van der Waals surface area contributed by atoms with Crippen molar-refractivity contribution in [2.45, 2.75) is 58.4 Å². The number of aromatic nitrogens is 1. The average molecular weight is 607 g/mol. The number of amides is 1. The number of nitrogens with two attached hydrogens (primary N) is 1. The number of likely N-dealkylation sites (tertiary alicyclic amines) is 1. The molecule has 6 nitrogen and oxygen atoms in total. The molecule has 210 valence electrons. The van der Waals surface area contributed by atoms with E-state index in [4.69, 9.17) is 16.6 Å². The Bertz CT molecular complexity index is 982. The third-order valence-electron chi connectivity index (χ3n) is 7.62. The lowest BCUT2D eigenvalue weighted by Crippen LogP contribution is -2.50. The molecule has 0 bridgehead atoms. The van der Waals surface area contributed by atoms with Crippen LogP contribution in [0.15, 0.2) is 34.9 Å². The van der Waals surface area contributed by atoms with Gasteiger partial charge in [0, 0.05) is 48.3 Å². The van der Waals surface area contributed by atoms with Gasteiger partial charge in [-0.2, -0.15) is 0 Å². The fraction of sp³-hybridized carbons (Fsp3) is 0.600. The maximum absolute atomic E-state index is 13.0. The lowest BCUT2D eigenvalue weighted by atomic mass is 9.93. The number of nitrogens with zero attached hydrogens (tertiary/aromatic N) is 4. The van der Waals surface area contributed by atoms with Gasteiger partial charge in [0.15, 0.2) is 0 Å². The van der Waals surface area contributed by atoms with E-state index in [0.29, 0.717) is 18.2 Å². The lowest BCUT2D eigenvalue weighted by Gasteiger charge is -2.40. The second kappa shape index (κ2) is 15.3. The summed E-state index contributed by atoms with van der Waals surface area (Å²) >= 11 is 9.96. The SMILES string of the molecule is CCC.CN.CN1CCC(CC(=O)N2CCN(C3c4ccc(Cl)cc4CCc4cc(Br)cnc43)CC2)CC1. The predicted octanol–water partition coefficient (Wildman–Crippen LogP) is 5.55. The number of halogens is 2. The van der Waals surface area contributed by atoms with Crippen molar-refractivity contribution in [2.75, 3.05) is 53.4 Å². The highest BCUT2D eigenvalue weighted by molar-refractivity contribution is 9.10. The number of fused-ring (bicyclic) bond motifs is 2. The van der Waals surface area contributed by atoms with Gasteiger partial charge in [-0.3, -0.25) is 14.7 Å². The molecule has 2 aromatic rings. The van der Waals surface area contributed by atoms with E-state index < -0.39 is 0 Å². The molecule has 1 atom stereocenters. The number of hydrogen-bond acceptors (Lipinski definition) is 5. The summed E-state index contributed by atoms with van der Waals surface area (Å²) in [6.07, 6.45) is 8.07. The van der Waals surface area contributed by atoms with Crippen molar-refractivity contribution in [2.24, 2.45) is 11.7 Å². The molecule has 3 heterocycles. The standard InChI is InChI=1S/C26H32BrClN4O.C3H8.CH5N/c1-30-8-6-18(7-9-30)14-24(33)31-10-12-32(13-11-31)26-23-5-4-22(28)16-19(23)2-3-20-15-21(27)17-29-25(20)26;1-3-2;1-2/h4-5,15-18,26H,2-3,6-14H2,1H3;3H2,1-2H3;2H2,1H3. The zero-order valence-electron chi connectivity index (χ0n) is 23.6. The van der Waals surface area contributed by atoms with Gasteiger partial charge in [0.2, 0.25) is 5.91 Å². The topological polar surface area (TPSA) is 65.7 Å². The fourth-order valence-corrected chi connectivity index (χ4v) is 6.23. The van der Waals surface area contributed by atoms with Crippen LogP contribution in [0.4, 0.5) is 0 Å². The third-order valence-corrected chi connectivity index (χ3v) is 8.29. The van der Waals surface area contributed by atoms with E-state index in [9.17, 15) is 4.79 Å². The van der Waals surface area contributed by atoms with Gasteiger partial charge in [0.1, 0.15) is 0 Å². The molecule has 2 N–H and O–H groups in total. The van der Waals surface area contributed by atoms with Crippen LogP contribution in [-0.4, -0.2) is 79.0 Å². The Morgan fingerprint density at radius 3 is 2.32 bits per heavy atom. The molecule has 3 aliphatic rings. The maximum Gasteiger partial charge on any atom is 0.222 e. The normalized spacial score (nSPS) is 20.2. The van der Waals surface area contributed by atoms with Gasteiger partial charge in [0.25, 0.3) is 0 Å². The summed E-state index contributed by atoms with van der Waals surface area (Å²) in [5.41, 5.74) is 9.55. The highest BCUT2D eigenvalue weighted by atomic mass is 79.9. The van der Waals surface area contributed by atoms with Gasteiger partial charge in [0.05, 0.1) is 11.7 Å². The van der Waals surface area contributed by atoms with Crippen LogP contribution in [0, 0.1) is 5.92 Å². The van der Waals surface area contributed by atoms with Crippen LogP contribution in [0.2, 0.25) is 5.02 Å². The molecule has 1 aliphatic carbocycles. The Morgan fingerprint density at radius 1 is 1.03 bits per heavy atom. The number of benzene rings is 1. The first-order valence-corrected chi connectivity index (χ1v) is 15.3. The number of pyridine rings is 1. The van der Waals surface area contributed by atoms with Crippen LogP contribution in [0.1, 0.15) is 68.0 Å². The molecule has 0 saturated carbocycles. The largest absolute Gasteiger partial charge is 0.340 e. The van der Waals surface area contributed by atoms with Crippen LogP contribution in [-0.2, 0) is 17.6 Å². The highest BCUT2D eigenvalue weighted by Crippen LogP contribution is 2.38. The molecule has 38 heavy (non-hydrogen) atoms. The molecular weight excluding hydrogens is 562 g/mol. The molecule has 1 amide bonds. The smallest absolute Gasteiger partial charge is 0.222 e. The number of piperidine rings is 1. The molecular formula is C30H45BrClN5O. The highest BCUT2D eigenvalue weighted by Gasteiger charge is 2.33. The Hall–Kier alpha value is -1.51. The number of piperazine rings is 1. The summed E-state index contributed by atoms with van der Waals surface area (Å²) in [7, 11) is 3.67. The summed E-state index contributed by atoms with van der Waals surface area (Å²) in [6.45, 7) is 9.78. The molecule has 2 fully saturated rings. The quantitative estimate of drug-likeness (QED) is 0.496. The average Bonchev–Trinajstić information content (AvgIpc) is 3.08. The van der Waals surface area contributed by atoms with Crippen molar-refractivity contribution in [1.82, 2.24) is 19.7 Å². The molecule has 2 saturated heterocycles. The van der Waals surface area contributed by atoms with Crippen LogP contribution in [0.25, 0.3) is 0 Å². The summed E-state index contributed by atoms with van der Waals surface area (Å²) in [5, 5.41) is 0.789. The molecule has 5 rings (SSSR count). The van der Waals surface area contributed by atoms with E-state index >= 15 is 0 Å². The minimum atomic E-state index is 0.106. The summed E-state index contributed by atoms with van der Waals surface area (Å²) in [4.78, 5) is 24.9. The zero-order valence-corrected chi connectivity index (χ0v) is 25.9. The summed E-state index contributed by atoms with van der Waals surface area (Å²) in [6, 6.07) is 8.61.